The molecule has 2 aromatic heterocycles. The number of benzene rings is 1. The fourth-order valence-electron chi connectivity index (χ4n) is 2.14. The highest BCUT2D eigenvalue weighted by atomic mass is 32.1. The number of hydrogen-bond acceptors (Lipinski definition) is 6. The molecule has 0 atom stereocenters. The zero-order valence-electron chi connectivity index (χ0n) is 11.6. The number of aromatic nitrogens is 1. The van der Waals surface area contributed by atoms with E-state index < -0.39 is 0 Å². The lowest BCUT2D eigenvalue weighted by atomic mass is 10.1. The highest BCUT2D eigenvalue weighted by Gasteiger charge is 2.19. The van der Waals surface area contributed by atoms with Crippen LogP contribution >= 0.6 is 11.3 Å². The zero-order chi connectivity index (χ0) is 14.8. The standard InChI is InChI=1S/C15H14N2O3S/c1-18-10-6-5-9(8-11(10)19-2)14-13(15(16)20-17-14)12-4-3-7-21-12/h3-8H,16H2,1-2H3. The van der Waals surface area contributed by atoms with Crippen molar-refractivity contribution in [2.24, 2.45) is 0 Å². The Hall–Kier alpha value is -2.47. The molecule has 3 rings (SSSR count). The highest BCUT2D eigenvalue weighted by molar-refractivity contribution is 7.13. The van der Waals surface area contributed by atoms with Gasteiger partial charge in [0.1, 0.15) is 5.69 Å². The molecule has 0 bridgehead atoms. The van der Waals surface area contributed by atoms with Gasteiger partial charge in [-0.1, -0.05) is 11.2 Å². The van der Waals surface area contributed by atoms with Gasteiger partial charge in [0.15, 0.2) is 11.5 Å². The third-order valence-corrected chi connectivity index (χ3v) is 4.03. The fourth-order valence-corrected chi connectivity index (χ4v) is 2.92. The monoisotopic (exact) mass is 302 g/mol. The predicted octanol–water partition coefficient (Wildman–Crippen LogP) is 3.67. The van der Waals surface area contributed by atoms with Crippen molar-refractivity contribution >= 4 is 17.2 Å². The Labute approximate surface area is 125 Å². The fraction of sp³-hybridized carbons (Fsp3) is 0.133. The number of anilines is 1. The second kappa shape index (κ2) is 5.49. The van der Waals surface area contributed by atoms with Crippen LogP contribution in [0.4, 0.5) is 5.88 Å². The van der Waals surface area contributed by atoms with Crippen LogP contribution in [0.25, 0.3) is 21.7 Å². The van der Waals surface area contributed by atoms with E-state index in [4.69, 9.17) is 19.7 Å². The Bertz CT molecular complexity index is 750. The van der Waals surface area contributed by atoms with E-state index in [0.717, 1.165) is 16.0 Å². The minimum absolute atomic E-state index is 0.308. The van der Waals surface area contributed by atoms with Crippen LogP contribution in [0.1, 0.15) is 0 Å². The molecule has 0 spiro atoms. The number of nitrogens with two attached hydrogens (primary N) is 1. The first-order valence-electron chi connectivity index (χ1n) is 6.26. The van der Waals surface area contributed by atoms with E-state index in [2.05, 4.69) is 5.16 Å². The third kappa shape index (κ3) is 2.34. The van der Waals surface area contributed by atoms with Crippen molar-refractivity contribution in [3.05, 3.63) is 35.7 Å². The van der Waals surface area contributed by atoms with Crippen LogP contribution in [0.15, 0.2) is 40.2 Å². The van der Waals surface area contributed by atoms with Crippen molar-refractivity contribution in [1.82, 2.24) is 5.16 Å². The lowest BCUT2D eigenvalue weighted by molar-refractivity contribution is 0.355. The lowest BCUT2D eigenvalue weighted by Crippen LogP contribution is -1.91. The molecule has 0 amide bonds. The largest absolute Gasteiger partial charge is 0.493 e. The molecular weight excluding hydrogens is 288 g/mol. The van der Waals surface area contributed by atoms with Crippen molar-refractivity contribution in [3.8, 4) is 33.2 Å². The number of thiophene rings is 1. The average Bonchev–Trinajstić information content (AvgIpc) is 3.15. The van der Waals surface area contributed by atoms with E-state index in [1.54, 1.807) is 25.6 Å². The Kier molecular flexibility index (Phi) is 3.53. The van der Waals surface area contributed by atoms with Gasteiger partial charge in [0.25, 0.3) is 0 Å². The Morgan fingerprint density at radius 2 is 1.95 bits per heavy atom. The van der Waals surface area contributed by atoms with E-state index in [-0.39, 0.29) is 0 Å². The molecule has 0 radical (unpaired) electrons. The van der Waals surface area contributed by atoms with Gasteiger partial charge in [-0.05, 0) is 29.6 Å². The van der Waals surface area contributed by atoms with Crippen LogP contribution in [0.3, 0.4) is 0 Å². The third-order valence-electron chi connectivity index (χ3n) is 3.14. The van der Waals surface area contributed by atoms with Crippen LogP contribution in [-0.2, 0) is 0 Å². The molecule has 0 fully saturated rings. The van der Waals surface area contributed by atoms with Crippen LogP contribution in [0, 0.1) is 0 Å². The molecule has 2 N–H and O–H groups in total. The topological polar surface area (TPSA) is 70.5 Å². The minimum Gasteiger partial charge on any atom is -0.493 e. The molecule has 0 unspecified atom stereocenters. The highest BCUT2D eigenvalue weighted by Crippen LogP contribution is 2.40. The summed E-state index contributed by atoms with van der Waals surface area (Å²) in [4.78, 5) is 1.01. The molecular formula is C15H14N2O3S. The Balaban J connectivity index is 2.14. The molecule has 0 aliphatic heterocycles. The summed E-state index contributed by atoms with van der Waals surface area (Å²) in [5.41, 5.74) is 8.27. The van der Waals surface area contributed by atoms with Crippen molar-refractivity contribution in [2.45, 2.75) is 0 Å². The van der Waals surface area contributed by atoms with Gasteiger partial charge in [0.2, 0.25) is 5.88 Å². The van der Waals surface area contributed by atoms with Gasteiger partial charge in [-0.15, -0.1) is 11.3 Å². The van der Waals surface area contributed by atoms with Crippen LogP contribution < -0.4 is 15.2 Å². The normalized spacial score (nSPS) is 10.6. The van der Waals surface area contributed by atoms with Gasteiger partial charge < -0.3 is 19.7 Å². The minimum atomic E-state index is 0.308. The summed E-state index contributed by atoms with van der Waals surface area (Å²) in [5, 5.41) is 6.07. The van der Waals surface area contributed by atoms with Crippen LogP contribution in [0.5, 0.6) is 11.5 Å². The van der Waals surface area contributed by atoms with Gasteiger partial charge in [-0.3, -0.25) is 0 Å². The molecule has 0 saturated heterocycles. The summed E-state index contributed by atoms with van der Waals surface area (Å²) >= 11 is 1.59. The first-order chi connectivity index (χ1) is 10.2. The number of hydrogen-bond donors (Lipinski definition) is 1. The first-order valence-corrected chi connectivity index (χ1v) is 7.14. The molecule has 3 aromatic rings. The summed E-state index contributed by atoms with van der Waals surface area (Å²) in [6, 6.07) is 9.53. The smallest absolute Gasteiger partial charge is 0.231 e. The van der Waals surface area contributed by atoms with E-state index in [9.17, 15) is 0 Å². The van der Waals surface area contributed by atoms with E-state index in [0.29, 0.717) is 23.1 Å². The van der Waals surface area contributed by atoms with Crippen LogP contribution in [0.2, 0.25) is 0 Å². The van der Waals surface area contributed by atoms with Gasteiger partial charge in [-0.2, -0.15) is 0 Å². The molecule has 108 valence electrons. The summed E-state index contributed by atoms with van der Waals surface area (Å²) in [6.45, 7) is 0. The molecule has 0 aliphatic carbocycles. The summed E-state index contributed by atoms with van der Waals surface area (Å²) in [7, 11) is 3.20. The number of nitrogens with zero attached hydrogens (tertiary/aromatic N) is 1. The second-order valence-corrected chi connectivity index (χ2v) is 5.27. The average molecular weight is 302 g/mol. The molecule has 0 aliphatic rings. The zero-order valence-corrected chi connectivity index (χ0v) is 12.4. The number of nitrogen functional groups attached to an aromatic ring is 1. The van der Waals surface area contributed by atoms with Crippen molar-refractivity contribution in [2.75, 3.05) is 20.0 Å². The predicted molar refractivity (Wildman–Crippen MR) is 82.8 cm³/mol. The van der Waals surface area contributed by atoms with Gasteiger partial charge >= 0.3 is 0 Å². The summed E-state index contributed by atoms with van der Waals surface area (Å²) < 4.78 is 15.7. The molecule has 5 nitrogen and oxygen atoms in total. The summed E-state index contributed by atoms with van der Waals surface area (Å²) in [6.07, 6.45) is 0. The van der Waals surface area contributed by atoms with Gasteiger partial charge in [-0.25, -0.2) is 0 Å². The van der Waals surface area contributed by atoms with Gasteiger partial charge in [0.05, 0.1) is 19.8 Å². The number of rotatable bonds is 4. The molecule has 1 aromatic carbocycles. The Morgan fingerprint density at radius 3 is 2.62 bits per heavy atom. The molecule has 21 heavy (non-hydrogen) atoms. The SMILES string of the molecule is COc1ccc(-c2noc(N)c2-c2cccs2)cc1OC. The van der Waals surface area contributed by atoms with Crippen LogP contribution in [-0.4, -0.2) is 19.4 Å². The number of methoxy groups -OCH3 is 2. The quantitative estimate of drug-likeness (QED) is 0.796. The Morgan fingerprint density at radius 1 is 1.14 bits per heavy atom. The van der Waals surface area contributed by atoms with Gasteiger partial charge in [0, 0.05) is 10.4 Å². The van der Waals surface area contributed by atoms with Crippen molar-refractivity contribution < 1.29 is 14.0 Å². The summed E-state index contributed by atoms with van der Waals surface area (Å²) in [5.74, 6) is 1.60. The second-order valence-electron chi connectivity index (χ2n) is 4.32. The molecule has 6 heteroatoms. The number of ether oxygens (including phenoxy) is 2. The van der Waals surface area contributed by atoms with E-state index in [1.807, 2.05) is 35.7 Å². The lowest BCUT2D eigenvalue weighted by Gasteiger charge is -2.08. The van der Waals surface area contributed by atoms with Crippen molar-refractivity contribution in [1.29, 1.82) is 0 Å². The maximum atomic E-state index is 5.92. The van der Waals surface area contributed by atoms with E-state index >= 15 is 0 Å². The first kappa shape index (κ1) is 13.5. The van der Waals surface area contributed by atoms with Crippen molar-refractivity contribution in [3.63, 3.8) is 0 Å². The molecule has 2 heterocycles. The van der Waals surface area contributed by atoms with E-state index in [1.165, 1.54) is 0 Å². The molecule has 0 saturated carbocycles. The maximum Gasteiger partial charge on any atom is 0.231 e. The maximum absolute atomic E-state index is 5.92.